The lowest BCUT2D eigenvalue weighted by atomic mass is 10.2. The van der Waals surface area contributed by atoms with Gasteiger partial charge >= 0.3 is 0 Å². The molecule has 0 atom stereocenters. The van der Waals surface area contributed by atoms with Gasteiger partial charge in [-0.05, 0) is 42.8 Å². The molecule has 0 radical (unpaired) electrons. The summed E-state index contributed by atoms with van der Waals surface area (Å²) in [5.41, 5.74) is 1.06. The molecule has 2 rings (SSSR count). The summed E-state index contributed by atoms with van der Waals surface area (Å²) in [4.78, 5) is 4.10. The Labute approximate surface area is 122 Å². The van der Waals surface area contributed by atoms with Crippen LogP contribution in [0.3, 0.4) is 0 Å². The third-order valence-electron chi connectivity index (χ3n) is 2.63. The van der Waals surface area contributed by atoms with Gasteiger partial charge in [-0.2, -0.15) is 0 Å². The summed E-state index contributed by atoms with van der Waals surface area (Å²) in [6.07, 6.45) is 0. The van der Waals surface area contributed by atoms with Crippen molar-refractivity contribution in [3.05, 3.63) is 52.7 Å². The molecule has 2 aromatic rings. The highest BCUT2D eigenvalue weighted by atomic mass is 35.5. The first-order valence-corrected chi connectivity index (χ1v) is 7.64. The van der Waals surface area contributed by atoms with Crippen LogP contribution in [0.2, 0.25) is 5.02 Å². The second-order valence-electron chi connectivity index (χ2n) is 4.18. The van der Waals surface area contributed by atoms with Crippen molar-refractivity contribution in [1.29, 1.82) is 0 Å². The second-order valence-corrected chi connectivity index (χ2v) is 6.27. The van der Waals surface area contributed by atoms with Gasteiger partial charge in [-0.25, -0.2) is 13.4 Å². The van der Waals surface area contributed by atoms with E-state index in [2.05, 4.69) is 9.71 Å². The maximum absolute atomic E-state index is 12.2. The number of sulfonamides is 1. The molecule has 5 nitrogen and oxygen atoms in total. The monoisotopic (exact) mass is 312 g/mol. The molecular weight excluding hydrogens is 300 g/mol. The van der Waals surface area contributed by atoms with E-state index in [4.69, 9.17) is 16.7 Å². The van der Waals surface area contributed by atoms with E-state index in [-0.39, 0.29) is 17.3 Å². The molecule has 106 valence electrons. The van der Waals surface area contributed by atoms with Crippen LogP contribution in [0.1, 0.15) is 11.3 Å². The quantitative estimate of drug-likeness (QED) is 0.908. The Morgan fingerprint density at radius 1 is 1.30 bits per heavy atom. The number of halogens is 1. The molecule has 0 aliphatic rings. The number of benzene rings is 1. The van der Waals surface area contributed by atoms with Crippen LogP contribution in [0.15, 0.2) is 41.3 Å². The van der Waals surface area contributed by atoms with Crippen LogP contribution in [0, 0.1) is 6.92 Å². The highest BCUT2D eigenvalue weighted by Crippen LogP contribution is 2.22. The van der Waals surface area contributed by atoms with Gasteiger partial charge in [0.1, 0.15) is 5.82 Å². The zero-order chi connectivity index (χ0) is 14.8. The minimum absolute atomic E-state index is 0.0225. The number of aromatic nitrogens is 1. The van der Waals surface area contributed by atoms with Crippen LogP contribution in [0.4, 0.5) is 5.82 Å². The molecule has 0 saturated heterocycles. The van der Waals surface area contributed by atoms with Gasteiger partial charge in [-0.1, -0.05) is 17.7 Å². The zero-order valence-electron chi connectivity index (χ0n) is 10.7. The van der Waals surface area contributed by atoms with Crippen LogP contribution in [-0.4, -0.2) is 18.5 Å². The third kappa shape index (κ3) is 3.27. The van der Waals surface area contributed by atoms with Crippen molar-refractivity contribution in [1.82, 2.24) is 4.98 Å². The molecule has 1 aromatic heterocycles. The van der Waals surface area contributed by atoms with E-state index >= 15 is 0 Å². The van der Waals surface area contributed by atoms with Crippen molar-refractivity contribution in [3.63, 3.8) is 0 Å². The zero-order valence-corrected chi connectivity index (χ0v) is 12.2. The van der Waals surface area contributed by atoms with E-state index in [9.17, 15) is 8.42 Å². The highest BCUT2D eigenvalue weighted by molar-refractivity contribution is 7.92. The van der Waals surface area contributed by atoms with E-state index in [1.165, 1.54) is 18.2 Å². The van der Waals surface area contributed by atoms with Gasteiger partial charge in [0.05, 0.1) is 11.5 Å². The number of nitrogens with one attached hydrogen (secondary N) is 1. The summed E-state index contributed by atoms with van der Waals surface area (Å²) < 4.78 is 26.8. The molecule has 1 heterocycles. The lowest BCUT2D eigenvalue weighted by Gasteiger charge is -2.09. The largest absolute Gasteiger partial charge is 0.392 e. The summed E-state index contributed by atoms with van der Waals surface area (Å²) in [5.74, 6) is 0.241. The van der Waals surface area contributed by atoms with Gasteiger partial charge in [-0.3, -0.25) is 4.72 Å². The minimum Gasteiger partial charge on any atom is -0.392 e. The first kappa shape index (κ1) is 14.8. The summed E-state index contributed by atoms with van der Waals surface area (Å²) in [6, 6.07) is 9.18. The molecule has 0 aliphatic heterocycles. The molecule has 0 bridgehead atoms. The number of aliphatic hydroxyl groups excluding tert-OH is 1. The number of aryl methyl sites for hydroxylation is 1. The number of nitrogens with zero attached hydrogens (tertiary/aromatic N) is 1. The predicted octanol–water partition coefficient (Wildman–Crippen LogP) is 2.34. The number of pyridine rings is 1. The number of hydrogen-bond acceptors (Lipinski definition) is 4. The Balaban J connectivity index is 2.35. The maximum Gasteiger partial charge on any atom is 0.263 e. The fourth-order valence-electron chi connectivity index (χ4n) is 1.64. The van der Waals surface area contributed by atoms with Crippen LogP contribution >= 0.6 is 11.6 Å². The number of anilines is 1. The number of hydrogen-bond donors (Lipinski definition) is 2. The van der Waals surface area contributed by atoms with Gasteiger partial charge in [-0.15, -0.1) is 0 Å². The van der Waals surface area contributed by atoms with E-state index in [0.29, 0.717) is 16.3 Å². The second kappa shape index (κ2) is 5.78. The van der Waals surface area contributed by atoms with Crippen LogP contribution in [0.5, 0.6) is 0 Å². The molecule has 0 aliphatic carbocycles. The van der Waals surface area contributed by atoms with Gasteiger partial charge in [0, 0.05) is 10.7 Å². The molecule has 0 amide bonds. The van der Waals surface area contributed by atoms with E-state index in [1.807, 2.05) is 0 Å². The molecule has 0 spiro atoms. The van der Waals surface area contributed by atoms with Crippen molar-refractivity contribution in [2.24, 2.45) is 0 Å². The Morgan fingerprint density at radius 3 is 2.70 bits per heavy atom. The van der Waals surface area contributed by atoms with Gasteiger partial charge in [0.15, 0.2) is 0 Å². The molecule has 1 aromatic carbocycles. The van der Waals surface area contributed by atoms with E-state index in [1.54, 1.807) is 25.1 Å². The van der Waals surface area contributed by atoms with Crippen LogP contribution < -0.4 is 4.72 Å². The number of aliphatic hydroxyl groups is 1. The van der Waals surface area contributed by atoms with Crippen molar-refractivity contribution in [2.75, 3.05) is 4.72 Å². The lowest BCUT2D eigenvalue weighted by molar-refractivity contribution is 0.281. The molecule has 0 saturated carbocycles. The Kier molecular flexibility index (Phi) is 4.27. The van der Waals surface area contributed by atoms with Gasteiger partial charge in [0.2, 0.25) is 0 Å². The van der Waals surface area contributed by atoms with Crippen molar-refractivity contribution in [3.8, 4) is 0 Å². The summed E-state index contributed by atoms with van der Waals surface area (Å²) >= 11 is 5.84. The average Bonchev–Trinajstić information content (AvgIpc) is 2.38. The third-order valence-corrected chi connectivity index (χ3v) is 4.35. The fraction of sp³-hybridized carbons (Fsp3) is 0.154. The van der Waals surface area contributed by atoms with Crippen molar-refractivity contribution >= 4 is 27.4 Å². The predicted molar refractivity (Wildman–Crippen MR) is 77.2 cm³/mol. The molecule has 2 N–H and O–H groups in total. The summed E-state index contributed by atoms with van der Waals surface area (Å²) in [6.45, 7) is 1.44. The maximum atomic E-state index is 12.2. The normalized spacial score (nSPS) is 11.3. The minimum atomic E-state index is -3.76. The molecular formula is C13H13ClN2O3S. The molecule has 20 heavy (non-hydrogen) atoms. The van der Waals surface area contributed by atoms with Gasteiger partial charge < -0.3 is 5.11 Å². The lowest BCUT2D eigenvalue weighted by Crippen LogP contribution is -2.14. The Morgan fingerprint density at radius 2 is 2.05 bits per heavy atom. The Hall–Kier alpha value is -1.63. The first-order chi connectivity index (χ1) is 9.42. The SMILES string of the molecule is Cc1cccc(NS(=O)(=O)c2ccc(Cl)c(CO)c2)n1. The first-order valence-electron chi connectivity index (χ1n) is 5.78. The topological polar surface area (TPSA) is 79.3 Å². The molecule has 0 unspecified atom stereocenters. The van der Waals surface area contributed by atoms with Crippen LogP contribution in [0.25, 0.3) is 0 Å². The average molecular weight is 313 g/mol. The Bertz CT molecular complexity index is 732. The summed E-state index contributed by atoms with van der Waals surface area (Å²) in [5, 5.41) is 9.44. The standard InChI is InChI=1S/C13H13ClN2O3S/c1-9-3-2-4-13(15-9)16-20(18,19)11-5-6-12(14)10(7-11)8-17/h2-7,17H,8H2,1H3,(H,15,16). The smallest absolute Gasteiger partial charge is 0.263 e. The molecule has 0 fully saturated rings. The van der Waals surface area contributed by atoms with E-state index < -0.39 is 10.0 Å². The van der Waals surface area contributed by atoms with Crippen molar-refractivity contribution in [2.45, 2.75) is 18.4 Å². The van der Waals surface area contributed by atoms with Gasteiger partial charge in [0.25, 0.3) is 10.0 Å². The van der Waals surface area contributed by atoms with Crippen molar-refractivity contribution < 1.29 is 13.5 Å². The van der Waals surface area contributed by atoms with Crippen LogP contribution in [-0.2, 0) is 16.6 Å². The van der Waals surface area contributed by atoms with E-state index in [0.717, 1.165) is 0 Å². The molecule has 7 heteroatoms. The highest BCUT2D eigenvalue weighted by Gasteiger charge is 2.16. The summed E-state index contributed by atoms with van der Waals surface area (Å²) in [7, 11) is -3.76. The fourth-order valence-corrected chi connectivity index (χ4v) is 2.86. The number of rotatable bonds is 4.